The maximum absolute atomic E-state index is 12.0. The number of hydrogen-bond acceptors (Lipinski definition) is 3. The number of nitrogens with two attached hydrogens (primary N) is 1. The van der Waals surface area contributed by atoms with Gasteiger partial charge in [-0.1, -0.05) is 12.8 Å². The number of carbonyl (C=O) groups is 2. The molecule has 0 bridgehead atoms. The summed E-state index contributed by atoms with van der Waals surface area (Å²) in [7, 11) is 0. The Morgan fingerprint density at radius 3 is 2.38 bits per heavy atom. The summed E-state index contributed by atoms with van der Waals surface area (Å²) < 4.78 is 0. The Balaban J connectivity index is 1.66. The van der Waals surface area contributed by atoms with Crippen LogP contribution in [0.15, 0.2) is 0 Å². The van der Waals surface area contributed by atoms with Gasteiger partial charge in [0.05, 0.1) is 0 Å². The zero-order chi connectivity index (χ0) is 15.2. The number of amides is 2. The molecule has 120 valence electrons. The Labute approximate surface area is 127 Å². The molecule has 1 unspecified atom stereocenters. The third kappa shape index (κ3) is 5.30. The van der Waals surface area contributed by atoms with E-state index in [1.165, 1.54) is 25.7 Å². The lowest BCUT2D eigenvalue weighted by Crippen LogP contribution is -2.47. The van der Waals surface area contributed by atoms with E-state index in [4.69, 9.17) is 5.73 Å². The highest BCUT2D eigenvalue weighted by atomic mass is 16.2. The van der Waals surface area contributed by atoms with Crippen molar-refractivity contribution < 1.29 is 9.59 Å². The zero-order valence-electron chi connectivity index (χ0n) is 13.1. The lowest BCUT2D eigenvalue weighted by Gasteiger charge is -2.33. The summed E-state index contributed by atoms with van der Waals surface area (Å²) in [5, 5.41) is 3.14. The molecule has 21 heavy (non-hydrogen) atoms. The van der Waals surface area contributed by atoms with E-state index in [1.807, 2.05) is 11.8 Å². The normalized spacial score (nSPS) is 22.3. The molecule has 2 amide bonds. The number of carbonyl (C=O) groups excluding carboxylic acids is 2. The van der Waals surface area contributed by atoms with Crippen LogP contribution < -0.4 is 11.1 Å². The average Bonchev–Trinajstić information content (AvgIpc) is 2.91. The summed E-state index contributed by atoms with van der Waals surface area (Å²) in [6.45, 7) is 3.33. The van der Waals surface area contributed by atoms with Crippen molar-refractivity contribution in [2.75, 3.05) is 13.1 Å². The predicted molar refractivity (Wildman–Crippen MR) is 82.6 cm³/mol. The van der Waals surface area contributed by atoms with E-state index in [2.05, 4.69) is 5.32 Å². The van der Waals surface area contributed by atoms with Crippen LogP contribution in [0.5, 0.6) is 0 Å². The quantitative estimate of drug-likeness (QED) is 0.805. The van der Waals surface area contributed by atoms with Crippen LogP contribution in [0.2, 0.25) is 0 Å². The highest BCUT2D eigenvalue weighted by Gasteiger charge is 2.25. The Morgan fingerprint density at radius 1 is 1.19 bits per heavy atom. The van der Waals surface area contributed by atoms with Crippen LogP contribution in [0, 0.1) is 5.92 Å². The van der Waals surface area contributed by atoms with Crippen LogP contribution in [0.4, 0.5) is 0 Å². The summed E-state index contributed by atoms with van der Waals surface area (Å²) in [6.07, 6.45) is 7.79. The van der Waals surface area contributed by atoms with Gasteiger partial charge < -0.3 is 16.0 Å². The molecule has 0 aromatic rings. The minimum Gasteiger partial charge on any atom is -0.353 e. The Hall–Kier alpha value is -1.10. The first kappa shape index (κ1) is 16.3. The summed E-state index contributed by atoms with van der Waals surface area (Å²) in [5.74, 6) is 0.931. The van der Waals surface area contributed by atoms with Crippen molar-refractivity contribution in [1.82, 2.24) is 10.2 Å². The molecular weight excluding hydrogens is 266 g/mol. The molecule has 0 aromatic carbocycles. The van der Waals surface area contributed by atoms with Crippen LogP contribution in [0.3, 0.4) is 0 Å². The Kier molecular flexibility index (Phi) is 6.03. The fourth-order valence-electron chi connectivity index (χ4n) is 3.44. The summed E-state index contributed by atoms with van der Waals surface area (Å²) >= 11 is 0. The second kappa shape index (κ2) is 7.78. The number of nitrogens with zero attached hydrogens (tertiary/aromatic N) is 1. The van der Waals surface area contributed by atoms with Gasteiger partial charge >= 0.3 is 0 Å². The summed E-state index contributed by atoms with van der Waals surface area (Å²) in [5.41, 5.74) is 5.67. The SMILES string of the molecule is CC(N)CC(=O)N1CCC(NC(=O)CC2CCCC2)CC1. The maximum Gasteiger partial charge on any atom is 0.224 e. The standard InChI is InChI=1S/C16H29N3O2/c1-12(17)10-16(21)19-8-6-14(7-9-19)18-15(20)11-13-4-2-3-5-13/h12-14H,2-11,17H2,1H3,(H,18,20). The van der Waals surface area contributed by atoms with Crippen molar-refractivity contribution in [1.29, 1.82) is 0 Å². The first-order chi connectivity index (χ1) is 10.0. The van der Waals surface area contributed by atoms with Crippen molar-refractivity contribution in [3.63, 3.8) is 0 Å². The number of nitrogens with one attached hydrogen (secondary N) is 1. The number of piperidine rings is 1. The van der Waals surface area contributed by atoms with E-state index >= 15 is 0 Å². The molecule has 0 aromatic heterocycles. The molecule has 3 N–H and O–H groups in total. The summed E-state index contributed by atoms with van der Waals surface area (Å²) in [6, 6.07) is 0.152. The highest BCUT2D eigenvalue weighted by Crippen LogP contribution is 2.27. The van der Waals surface area contributed by atoms with Crippen LogP contribution in [0.1, 0.15) is 58.3 Å². The minimum atomic E-state index is -0.0821. The topological polar surface area (TPSA) is 75.4 Å². The van der Waals surface area contributed by atoms with Crippen molar-refractivity contribution >= 4 is 11.8 Å². The van der Waals surface area contributed by atoms with Crippen molar-refractivity contribution in [2.45, 2.75) is 70.4 Å². The fourth-order valence-corrected chi connectivity index (χ4v) is 3.44. The second-order valence-corrected chi connectivity index (χ2v) is 6.76. The molecule has 1 aliphatic carbocycles. The van der Waals surface area contributed by atoms with Crippen LogP contribution in [-0.4, -0.2) is 41.9 Å². The lowest BCUT2D eigenvalue weighted by molar-refractivity contribution is -0.132. The minimum absolute atomic E-state index is 0.0821. The average molecular weight is 295 g/mol. The number of hydrogen-bond donors (Lipinski definition) is 2. The molecule has 1 heterocycles. The van der Waals surface area contributed by atoms with Gasteiger partial charge in [0, 0.05) is 38.0 Å². The van der Waals surface area contributed by atoms with Crippen molar-refractivity contribution in [3.8, 4) is 0 Å². The van der Waals surface area contributed by atoms with Gasteiger partial charge in [-0.15, -0.1) is 0 Å². The largest absolute Gasteiger partial charge is 0.353 e. The molecule has 1 aliphatic heterocycles. The third-order valence-electron chi connectivity index (χ3n) is 4.66. The van der Waals surface area contributed by atoms with Gasteiger partial charge in [-0.3, -0.25) is 9.59 Å². The Morgan fingerprint density at radius 2 is 1.81 bits per heavy atom. The molecule has 5 heteroatoms. The van der Waals surface area contributed by atoms with Crippen molar-refractivity contribution in [3.05, 3.63) is 0 Å². The summed E-state index contributed by atoms with van der Waals surface area (Å²) in [4.78, 5) is 25.8. The first-order valence-corrected chi connectivity index (χ1v) is 8.37. The van der Waals surface area contributed by atoms with Gasteiger partial charge in [0.2, 0.25) is 11.8 Å². The van der Waals surface area contributed by atoms with E-state index in [0.717, 1.165) is 25.9 Å². The van der Waals surface area contributed by atoms with Crippen LogP contribution in [-0.2, 0) is 9.59 Å². The molecular formula is C16H29N3O2. The smallest absolute Gasteiger partial charge is 0.224 e. The monoisotopic (exact) mass is 295 g/mol. The van der Waals surface area contributed by atoms with Crippen LogP contribution in [0.25, 0.3) is 0 Å². The van der Waals surface area contributed by atoms with E-state index in [-0.39, 0.29) is 23.9 Å². The van der Waals surface area contributed by atoms with Crippen LogP contribution >= 0.6 is 0 Å². The zero-order valence-corrected chi connectivity index (χ0v) is 13.1. The molecule has 0 spiro atoms. The first-order valence-electron chi connectivity index (χ1n) is 8.37. The molecule has 2 fully saturated rings. The van der Waals surface area contributed by atoms with Gasteiger partial charge in [0.1, 0.15) is 0 Å². The molecule has 2 rings (SSSR count). The predicted octanol–water partition coefficient (Wildman–Crippen LogP) is 1.41. The molecule has 0 radical (unpaired) electrons. The van der Waals surface area contributed by atoms with E-state index in [1.54, 1.807) is 0 Å². The molecule has 1 atom stereocenters. The van der Waals surface area contributed by atoms with Gasteiger partial charge in [-0.25, -0.2) is 0 Å². The lowest BCUT2D eigenvalue weighted by atomic mass is 10.0. The Bertz CT molecular complexity index is 357. The van der Waals surface area contributed by atoms with Gasteiger partial charge in [-0.2, -0.15) is 0 Å². The molecule has 5 nitrogen and oxygen atoms in total. The van der Waals surface area contributed by atoms with E-state index < -0.39 is 0 Å². The van der Waals surface area contributed by atoms with E-state index in [9.17, 15) is 9.59 Å². The van der Waals surface area contributed by atoms with Gasteiger partial charge in [0.25, 0.3) is 0 Å². The van der Waals surface area contributed by atoms with Crippen molar-refractivity contribution in [2.24, 2.45) is 11.7 Å². The number of rotatable bonds is 5. The molecule has 1 saturated heterocycles. The van der Waals surface area contributed by atoms with Gasteiger partial charge in [0.15, 0.2) is 0 Å². The highest BCUT2D eigenvalue weighted by molar-refractivity contribution is 5.77. The number of likely N-dealkylation sites (tertiary alicyclic amines) is 1. The second-order valence-electron chi connectivity index (χ2n) is 6.76. The van der Waals surface area contributed by atoms with E-state index in [0.29, 0.717) is 18.8 Å². The van der Waals surface area contributed by atoms with Gasteiger partial charge in [-0.05, 0) is 38.5 Å². The molecule has 2 aliphatic rings. The third-order valence-corrected chi connectivity index (χ3v) is 4.66. The maximum atomic E-state index is 12.0. The molecule has 1 saturated carbocycles. The fraction of sp³-hybridized carbons (Fsp3) is 0.875.